The molecule has 118 valence electrons. The third-order valence-corrected chi connectivity index (χ3v) is 3.58. The Morgan fingerprint density at radius 1 is 0.875 bits per heavy atom. The fourth-order valence-electron chi connectivity index (χ4n) is 2.30. The molecule has 3 aromatic rings. The zero-order valence-corrected chi connectivity index (χ0v) is 13.2. The van der Waals surface area contributed by atoms with Gasteiger partial charge >= 0.3 is 0 Å². The molecule has 0 spiro atoms. The van der Waals surface area contributed by atoms with E-state index in [9.17, 15) is 4.79 Å². The normalized spacial score (nSPS) is 10.7. The first-order valence-corrected chi connectivity index (χ1v) is 7.82. The Morgan fingerprint density at radius 3 is 2.29 bits per heavy atom. The maximum Gasteiger partial charge on any atom is 0.270 e. The van der Waals surface area contributed by atoms with E-state index in [0.29, 0.717) is 12.2 Å². The Morgan fingerprint density at radius 2 is 1.54 bits per heavy atom. The van der Waals surface area contributed by atoms with Crippen molar-refractivity contribution in [1.82, 2.24) is 10.3 Å². The molecule has 0 unspecified atom stereocenters. The van der Waals surface area contributed by atoms with Gasteiger partial charge in [-0.2, -0.15) is 0 Å². The van der Waals surface area contributed by atoms with E-state index >= 15 is 0 Å². The lowest BCUT2D eigenvalue weighted by atomic mass is 10.1. The zero-order valence-electron chi connectivity index (χ0n) is 13.2. The largest absolute Gasteiger partial charge is 0.347 e. The summed E-state index contributed by atoms with van der Waals surface area (Å²) in [6.45, 7) is 0.492. The molecule has 0 fully saturated rings. The summed E-state index contributed by atoms with van der Waals surface area (Å²) in [7, 11) is 0. The highest BCUT2D eigenvalue weighted by Gasteiger charge is 2.06. The molecule has 0 aliphatic heterocycles. The van der Waals surface area contributed by atoms with Gasteiger partial charge in [-0.1, -0.05) is 72.8 Å². The molecule has 1 N–H and O–H groups in total. The summed E-state index contributed by atoms with van der Waals surface area (Å²) in [5, 5.41) is 2.89. The molecule has 0 aliphatic rings. The van der Waals surface area contributed by atoms with Crippen LogP contribution in [0.5, 0.6) is 0 Å². The first-order valence-electron chi connectivity index (χ1n) is 7.82. The number of carbonyl (C=O) groups is 1. The molecule has 0 radical (unpaired) electrons. The number of nitrogens with zero attached hydrogens (tertiary/aromatic N) is 1. The van der Waals surface area contributed by atoms with E-state index in [2.05, 4.69) is 10.3 Å². The molecule has 3 heteroatoms. The number of hydrogen-bond acceptors (Lipinski definition) is 2. The van der Waals surface area contributed by atoms with E-state index in [-0.39, 0.29) is 5.91 Å². The monoisotopic (exact) mass is 314 g/mol. The van der Waals surface area contributed by atoms with Crippen LogP contribution in [0.2, 0.25) is 0 Å². The van der Waals surface area contributed by atoms with Crippen LogP contribution in [0.3, 0.4) is 0 Å². The van der Waals surface area contributed by atoms with Crippen molar-refractivity contribution in [3.05, 3.63) is 101 Å². The number of amides is 1. The zero-order chi connectivity index (χ0) is 16.6. The van der Waals surface area contributed by atoms with Gasteiger partial charge in [0.25, 0.3) is 5.91 Å². The summed E-state index contributed by atoms with van der Waals surface area (Å²) in [5.41, 5.74) is 3.54. The number of hydrogen-bond donors (Lipinski definition) is 1. The number of rotatable bonds is 5. The lowest BCUT2D eigenvalue weighted by Crippen LogP contribution is -2.23. The molecule has 1 amide bonds. The van der Waals surface area contributed by atoms with Gasteiger partial charge in [0.1, 0.15) is 5.69 Å². The molecule has 3 nitrogen and oxygen atoms in total. The first-order chi connectivity index (χ1) is 11.8. The Hall–Kier alpha value is -3.20. The summed E-state index contributed by atoms with van der Waals surface area (Å²) in [6, 6.07) is 23.5. The van der Waals surface area contributed by atoms with Gasteiger partial charge in [-0.15, -0.1) is 0 Å². The van der Waals surface area contributed by atoms with Crippen molar-refractivity contribution >= 4 is 18.1 Å². The minimum atomic E-state index is -0.172. The molecule has 2 aromatic carbocycles. The lowest BCUT2D eigenvalue weighted by molar-refractivity contribution is 0.0946. The Bertz CT molecular complexity index is 827. The second kappa shape index (κ2) is 7.88. The molecular formula is C21H18N2O. The summed E-state index contributed by atoms with van der Waals surface area (Å²) in [6.07, 6.45) is 5.65. The fraction of sp³-hybridized carbons (Fsp3) is 0.0476. The van der Waals surface area contributed by atoms with Gasteiger partial charge in [-0.25, -0.2) is 0 Å². The Labute approximate surface area is 141 Å². The van der Waals surface area contributed by atoms with E-state index in [1.54, 1.807) is 12.3 Å². The van der Waals surface area contributed by atoms with Crippen molar-refractivity contribution in [1.29, 1.82) is 0 Å². The minimum absolute atomic E-state index is 0.172. The second-order valence-corrected chi connectivity index (χ2v) is 5.39. The highest BCUT2D eigenvalue weighted by Crippen LogP contribution is 2.09. The van der Waals surface area contributed by atoms with Gasteiger partial charge in [0, 0.05) is 12.7 Å². The van der Waals surface area contributed by atoms with Gasteiger partial charge in [0.05, 0.1) is 0 Å². The van der Waals surface area contributed by atoms with Gasteiger partial charge < -0.3 is 5.32 Å². The van der Waals surface area contributed by atoms with Crippen LogP contribution in [-0.2, 0) is 6.54 Å². The minimum Gasteiger partial charge on any atom is -0.347 e. The summed E-state index contributed by atoms with van der Waals surface area (Å²) < 4.78 is 0. The Balaban J connectivity index is 1.66. The number of nitrogens with one attached hydrogen (secondary N) is 1. The molecule has 0 saturated carbocycles. The van der Waals surface area contributed by atoms with E-state index in [0.717, 1.165) is 16.7 Å². The van der Waals surface area contributed by atoms with Crippen LogP contribution >= 0.6 is 0 Å². The van der Waals surface area contributed by atoms with Crippen LogP contribution < -0.4 is 5.32 Å². The molecule has 1 aromatic heterocycles. The van der Waals surface area contributed by atoms with Crippen molar-refractivity contribution in [3.8, 4) is 0 Å². The highest BCUT2D eigenvalue weighted by atomic mass is 16.1. The number of aromatic nitrogens is 1. The quantitative estimate of drug-likeness (QED) is 0.767. The fourth-order valence-corrected chi connectivity index (χ4v) is 2.30. The third-order valence-electron chi connectivity index (χ3n) is 3.58. The topological polar surface area (TPSA) is 42.0 Å². The van der Waals surface area contributed by atoms with Crippen LogP contribution in [0.25, 0.3) is 12.2 Å². The van der Waals surface area contributed by atoms with Crippen molar-refractivity contribution < 1.29 is 4.79 Å². The third kappa shape index (κ3) is 4.40. The highest BCUT2D eigenvalue weighted by molar-refractivity contribution is 5.92. The predicted octanol–water partition coefficient (Wildman–Crippen LogP) is 4.18. The van der Waals surface area contributed by atoms with Crippen LogP contribution in [0, 0.1) is 0 Å². The van der Waals surface area contributed by atoms with Crippen molar-refractivity contribution in [2.75, 3.05) is 0 Å². The molecule has 24 heavy (non-hydrogen) atoms. The molecule has 0 saturated heterocycles. The van der Waals surface area contributed by atoms with Gasteiger partial charge in [0.2, 0.25) is 0 Å². The lowest BCUT2D eigenvalue weighted by Gasteiger charge is -2.05. The summed E-state index contributed by atoms with van der Waals surface area (Å²) >= 11 is 0. The Kier molecular flexibility index (Phi) is 5.15. The van der Waals surface area contributed by atoms with Crippen LogP contribution in [-0.4, -0.2) is 10.9 Å². The average Bonchev–Trinajstić information content (AvgIpc) is 2.66. The number of pyridine rings is 1. The van der Waals surface area contributed by atoms with E-state index in [1.807, 2.05) is 78.9 Å². The van der Waals surface area contributed by atoms with Crippen molar-refractivity contribution in [2.45, 2.75) is 6.54 Å². The number of benzene rings is 2. The van der Waals surface area contributed by atoms with Gasteiger partial charge in [-0.05, 0) is 28.8 Å². The maximum absolute atomic E-state index is 12.2. The first kappa shape index (κ1) is 15.7. The molecule has 0 bridgehead atoms. The standard InChI is InChI=1S/C21H18N2O/c24-21(23-16-19-9-5-2-6-10-19)20-15-18(13-14-22-20)12-11-17-7-3-1-4-8-17/h1-15H,16H2,(H,23,24)/b12-11+. The molecule has 1 heterocycles. The van der Waals surface area contributed by atoms with Gasteiger partial charge in [-0.3, -0.25) is 9.78 Å². The second-order valence-electron chi connectivity index (χ2n) is 5.39. The van der Waals surface area contributed by atoms with Crippen LogP contribution in [0.15, 0.2) is 79.0 Å². The molecular weight excluding hydrogens is 296 g/mol. The van der Waals surface area contributed by atoms with Crippen LogP contribution in [0.1, 0.15) is 27.2 Å². The van der Waals surface area contributed by atoms with E-state index < -0.39 is 0 Å². The van der Waals surface area contributed by atoms with Crippen LogP contribution in [0.4, 0.5) is 0 Å². The predicted molar refractivity (Wildman–Crippen MR) is 97.2 cm³/mol. The van der Waals surface area contributed by atoms with E-state index in [4.69, 9.17) is 0 Å². The van der Waals surface area contributed by atoms with Crippen molar-refractivity contribution in [2.24, 2.45) is 0 Å². The van der Waals surface area contributed by atoms with E-state index in [1.165, 1.54) is 0 Å². The molecule has 0 atom stereocenters. The summed E-state index contributed by atoms with van der Waals surface area (Å²) in [5.74, 6) is -0.172. The molecule has 0 aliphatic carbocycles. The smallest absolute Gasteiger partial charge is 0.270 e. The number of carbonyl (C=O) groups excluding carboxylic acids is 1. The molecule has 3 rings (SSSR count). The summed E-state index contributed by atoms with van der Waals surface area (Å²) in [4.78, 5) is 16.4. The average molecular weight is 314 g/mol. The van der Waals surface area contributed by atoms with Gasteiger partial charge in [0.15, 0.2) is 0 Å². The maximum atomic E-state index is 12.2. The van der Waals surface area contributed by atoms with Crippen molar-refractivity contribution in [3.63, 3.8) is 0 Å². The SMILES string of the molecule is O=C(NCc1ccccc1)c1cc(/C=C/c2ccccc2)ccn1.